The van der Waals surface area contributed by atoms with Crippen LogP contribution in [0.1, 0.15) is 36.1 Å². The molecular weight excluding hydrogens is 200 g/mol. The summed E-state index contributed by atoms with van der Waals surface area (Å²) in [5.74, 6) is 0.925. The summed E-state index contributed by atoms with van der Waals surface area (Å²) >= 11 is 0. The van der Waals surface area contributed by atoms with Crippen molar-refractivity contribution in [2.45, 2.75) is 46.6 Å². The highest BCUT2D eigenvalue weighted by atomic mass is 16.5. The van der Waals surface area contributed by atoms with Crippen LogP contribution in [-0.4, -0.2) is 17.8 Å². The van der Waals surface area contributed by atoms with Gasteiger partial charge in [0.15, 0.2) is 0 Å². The monoisotopic (exact) mass is 222 g/mol. The number of aryl methyl sites for hydroxylation is 1. The summed E-state index contributed by atoms with van der Waals surface area (Å²) in [7, 11) is 1.69. The van der Waals surface area contributed by atoms with E-state index in [0.29, 0.717) is 6.42 Å². The second kappa shape index (κ2) is 4.46. The zero-order chi connectivity index (χ0) is 12.5. The van der Waals surface area contributed by atoms with Crippen LogP contribution in [0.4, 0.5) is 0 Å². The Kier molecular flexibility index (Phi) is 3.64. The number of hydrogen-bond donors (Lipinski definition) is 1. The van der Waals surface area contributed by atoms with Crippen LogP contribution in [0.3, 0.4) is 0 Å². The van der Waals surface area contributed by atoms with Crippen molar-refractivity contribution >= 4 is 0 Å². The smallest absolute Gasteiger partial charge is 0.122 e. The normalized spacial score (nSPS) is 11.7. The first-order valence-corrected chi connectivity index (χ1v) is 5.62. The van der Waals surface area contributed by atoms with Gasteiger partial charge in [-0.2, -0.15) is 0 Å². The van der Waals surface area contributed by atoms with E-state index in [4.69, 9.17) is 4.74 Å². The van der Waals surface area contributed by atoms with Crippen LogP contribution in [0.15, 0.2) is 6.07 Å². The maximum Gasteiger partial charge on any atom is 0.122 e. The average Bonchev–Trinajstić information content (AvgIpc) is 2.17. The van der Waals surface area contributed by atoms with E-state index >= 15 is 0 Å². The number of methoxy groups -OCH3 is 1. The number of benzene rings is 1. The Hall–Kier alpha value is -1.02. The minimum absolute atomic E-state index is 0.670. The lowest BCUT2D eigenvalue weighted by Crippen LogP contribution is -2.23. The van der Waals surface area contributed by atoms with E-state index in [0.717, 1.165) is 11.3 Å². The zero-order valence-electron chi connectivity index (χ0n) is 11.1. The summed E-state index contributed by atoms with van der Waals surface area (Å²) in [6, 6.07) is 2.05. The van der Waals surface area contributed by atoms with Crippen molar-refractivity contribution in [3.8, 4) is 5.75 Å². The largest absolute Gasteiger partial charge is 0.496 e. The Morgan fingerprint density at radius 1 is 1.19 bits per heavy atom. The molecule has 0 unspecified atom stereocenters. The summed E-state index contributed by atoms with van der Waals surface area (Å²) in [4.78, 5) is 0. The van der Waals surface area contributed by atoms with Crippen LogP contribution < -0.4 is 4.74 Å². The van der Waals surface area contributed by atoms with Crippen molar-refractivity contribution in [1.29, 1.82) is 0 Å². The molecule has 1 aromatic rings. The first kappa shape index (κ1) is 13.0. The average molecular weight is 222 g/mol. The SMILES string of the molecule is COc1cc(C)c(CC(C)(C)O)c(C)c1C. The van der Waals surface area contributed by atoms with Gasteiger partial charge in [0.1, 0.15) is 5.75 Å². The van der Waals surface area contributed by atoms with Gasteiger partial charge >= 0.3 is 0 Å². The molecular formula is C14H22O2. The molecule has 0 amide bonds. The fourth-order valence-electron chi connectivity index (χ4n) is 2.02. The highest BCUT2D eigenvalue weighted by Crippen LogP contribution is 2.29. The third-order valence-corrected chi connectivity index (χ3v) is 3.04. The highest BCUT2D eigenvalue weighted by Gasteiger charge is 2.18. The fourth-order valence-corrected chi connectivity index (χ4v) is 2.02. The lowest BCUT2D eigenvalue weighted by Gasteiger charge is -2.22. The lowest BCUT2D eigenvalue weighted by atomic mass is 9.89. The van der Waals surface area contributed by atoms with Crippen LogP contribution in [0.2, 0.25) is 0 Å². The Morgan fingerprint density at radius 3 is 2.19 bits per heavy atom. The van der Waals surface area contributed by atoms with Gasteiger partial charge in [-0.15, -0.1) is 0 Å². The molecule has 0 aliphatic heterocycles. The lowest BCUT2D eigenvalue weighted by molar-refractivity contribution is 0.0806. The van der Waals surface area contributed by atoms with Crippen LogP contribution in [0, 0.1) is 20.8 Å². The molecule has 0 bridgehead atoms. The van der Waals surface area contributed by atoms with Gasteiger partial charge < -0.3 is 9.84 Å². The Morgan fingerprint density at radius 2 is 1.75 bits per heavy atom. The molecule has 0 heterocycles. The summed E-state index contributed by atoms with van der Waals surface area (Å²) < 4.78 is 5.33. The van der Waals surface area contributed by atoms with Gasteiger partial charge in [0.25, 0.3) is 0 Å². The third kappa shape index (κ3) is 2.76. The molecule has 16 heavy (non-hydrogen) atoms. The maximum absolute atomic E-state index is 9.91. The van der Waals surface area contributed by atoms with Crippen LogP contribution in [0.25, 0.3) is 0 Å². The van der Waals surface area contributed by atoms with Gasteiger partial charge in [-0.05, 0) is 62.9 Å². The maximum atomic E-state index is 9.91. The van der Waals surface area contributed by atoms with Gasteiger partial charge in [0.05, 0.1) is 12.7 Å². The van der Waals surface area contributed by atoms with Crippen molar-refractivity contribution in [2.75, 3.05) is 7.11 Å². The van der Waals surface area contributed by atoms with E-state index in [1.54, 1.807) is 7.11 Å². The molecule has 0 spiro atoms. The molecule has 0 saturated carbocycles. The number of rotatable bonds is 3. The standard InChI is InChI=1S/C14H22O2/c1-9-7-13(16-6)11(3)10(2)12(9)8-14(4,5)15/h7,15H,8H2,1-6H3. The number of hydrogen-bond acceptors (Lipinski definition) is 2. The molecule has 1 aromatic carbocycles. The molecule has 0 atom stereocenters. The number of ether oxygens (including phenoxy) is 1. The van der Waals surface area contributed by atoms with Gasteiger partial charge in [-0.3, -0.25) is 0 Å². The predicted octanol–water partition coefficient (Wildman–Crippen LogP) is 2.93. The molecule has 90 valence electrons. The molecule has 0 aliphatic carbocycles. The predicted molar refractivity (Wildman–Crippen MR) is 67.2 cm³/mol. The molecule has 1 N–H and O–H groups in total. The topological polar surface area (TPSA) is 29.5 Å². The molecule has 0 aliphatic rings. The number of aliphatic hydroxyl groups is 1. The molecule has 1 rings (SSSR count). The summed E-state index contributed by atoms with van der Waals surface area (Å²) in [6.07, 6.45) is 0.676. The second-order valence-electron chi connectivity index (χ2n) is 5.11. The van der Waals surface area contributed by atoms with E-state index in [-0.39, 0.29) is 0 Å². The minimum atomic E-state index is -0.670. The zero-order valence-corrected chi connectivity index (χ0v) is 11.1. The van der Waals surface area contributed by atoms with E-state index in [2.05, 4.69) is 20.8 Å². The molecule has 0 fully saturated rings. The molecule has 0 radical (unpaired) electrons. The van der Waals surface area contributed by atoms with Crippen molar-refractivity contribution < 1.29 is 9.84 Å². The summed E-state index contributed by atoms with van der Waals surface area (Å²) in [5.41, 5.74) is 4.12. The van der Waals surface area contributed by atoms with Crippen LogP contribution in [-0.2, 0) is 6.42 Å². The van der Waals surface area contributed by atoms with Crippen molar-refractivity contribution in [3.63, 3.8) is 0 Å². The van der Waals surface area contributed by atoms with Crippen molar-refractivity contribution in [1.82, 2.24) is 0 Å². The first-order chi connectivity index (χ1) is 7.26. The Labute approximate surface area is 98.3 Å². The molecule has 0 aromatic heterocycles. The summed E-state index contributed by atoms with van der Waals surface area (Å²) in [6.45, 7) is 9.89. The summed E-state index contributed by atoms with van der Waals surface area (Å²) in [5, 5.41) is 9.91. The quantitative estimate of drug-likeness (QED) is 0.852. The van der Waals surface area contributed by atoms with Gasteiger partial charge in [-0.25, -0.2) is 0 Å². The fraction of sp³-hybridized carbons (Fsp3) is 0.571. The van der Waals surface area contributed by atoms with Crippen molar-refractivity contribution in [2.24, 2.45) is 0 Å². The first-order valence-electron chi connectivity index (χ1n) is 5.62. The van der Waals surface area contributed by atoms with Crippen molar-refractivity contribution in [3.05, 3.63) is 28.3 Å². The highest BCUT2D eigenvalue weighted by molar-refractivity contribution is 5.48. The minimum Gasteiger partial charge on any atom is -0.496 e. The molecule has 2 nitrogen and oxygen atoms in total. The van der Waals surface area contributed by atoms with Gasteiger partial charge in [0, 0.05) is 6.42 Å². The second-order valence-corrected chi connectivity index (χ2v) is 5.11. The van der Waals surface area contributed by atoms with Gasteiger partial charge in [-0.1, -0.05) is 0 Å². The molecule has 2 heteroatoms. The van der Waals surface area contributed by atoms with E-state index in [9.17, 15) is 5.11 Å². The van der Waals surface area contributed by atoms with Crippen LogP contribution in [0.5, 0.6) is 5.75 Å². The third-order valence-electron chi connectivity index (χ3n) is 3.04. The Balaban J connectivity index is 3.26. The van der Waals surface area contributed by atoms with E-state index in [1.807, 2.05) is 19.9 Å². The van der Waals surface area contributed by atoms with E-state index < -0.39 is 5.60 Å². The molecule has 0 saturated heterocycles. The van der Waals surface area contributed by atoms with Gasteiger partial charge in [0.2, 0.25) is 0 Å². The van der Waals surface area contributed by atoms with Crippen LogP contribution >= 0.6 is 0 Å². The Bertz CT molecular complexity index is 387. The van der Waals surface area contributed by atoms with E-state index in [1.165, 1.54) is 16.7 Å².